The van der Waals surface area contributed by atoms with Crippen molar-refractivity contribution in [2.24, 2.45) is 5.92 Å². The first-order valence-corrected chi connectivity index (χ1v) is 11.0. The van der Waals surface area contributed by atoms with Gasteiger partial charge in [-0.1, -0.05) is 13.0 Å². The maximum absolute atomic E-state index is 12.5. The number of hydrogen-bond acceptors (Lipinski definition) is 7. The summed E-state index contributed by atoms with van der Waals surface area (Å²) in [6.07, 6.45) is 2.46. The molecule has 1 N–H and O–H groups in total. The zero-order valence-electron chi connectivity index (χ0n) is 19.4. The van der Waals surface area contributed by atoms with E-state index < -0.39 is 10.8 Å². The lowest BCUT2D eigenvalue weighted by Crippen LogP contribution is -2.24. The second-order valence-corrected chi connectivity index (χ2v) is 7.53. The number of carbonyl (C=O) groups excluding carboxylic acids is 1. The smallest absolute Gasteiger partial charge is 0.306 e. The number of benzene rings is 2. The summed E-state index contributed by atoms with van der Waals surface area (Å²) in [5.74, 6) is 1.39. The van der Waals surface area contributed by atoms with E-state index in [0.717, 1.165) is 11.8 Å². The largest absolute Gasteiger partial charge is 0.490 e. The first-order chi connectivity index (χ1) is 16.4. The van der Waals surface area contributed by atoms with E-state index in [9.17, 15) is 14.9 Å². The van der Waals surface area contributed by atoms with Crippen molar-refractivity contribution >= 4 is 17.3 Å². The predicted molar refractivity (Wildman–Crippen MR) is 126 cm³/mol. The molecule has 10 heteroatoms. The molecule has 0 aliphatic rings. The summed E-state index contributed by atoms with van der Waals surface area (Å²) in [5, 5.41) is 17.5. The van der Waals surface area contributed by atoms with Crippen LogP contribution in [0.5, 0.6) is 17.2 Å². The predicted octanol–water partition coefficient (Wildman–Crippen LogP) is 4.44. The molecule has 1 aromatic heterocycles. The third-order valence-corrected chi connectivity index (χ3v) is 4.87. The van der Waals surface area contributed by atoms with Gasteiger partial charge in [0.05, 0.1) is 30.6 Å². The molecule has 2 aromatic carbocycles. The zero-order valence-corrected chi connectivity index (χ0v) is 19.4. The molecule has 0 saturated carbocycles. The topological polar surface area (TPSA) is 118 Å². The Balaban J connectivity index is 1.53. The third kappa shape index (κ3) is 6.71. The standard InChI is InChI=1S/C24H28N4O6/c1-4-32-22-11-6-18(12-23(22)33-5-2)16-34-21-9-7-19(8-10-21)26-24(29)17(3)14-27-15-20(13-25-27)28(30)31/h6-13,15,17H,4-5,14,16H2,1-3H3,(H,26,29). The van der Waals surface area contributed by atoms with Crippen molar-refractivity contribution in [3.8, 4) is 17.2 Å². The van der Waals surface area contributed by atoms with Crippen LogP contribution in [0.4, 0.5) is 11.4 Å². The molecule has 0 spiro atoms. The van der Waals surface area contributed by atoms with Gasteiger partial charge in [0, 0.05) is 5.69 Å². The number of rotatable bonds is 12. The Bertz CT molecular complexity index is 1110. The number of nitro groups is 1. The van der Waals surface area contributed by atoms with E-state index in [1.165, 1.54) is 10.9 Å². The quantitative estimate of drug-likeness (QED) is 0.308. The molecular formula is C24H28N4O6. The summed E-state index contributed by atoms with van der Waals surface area (Å²) in [5.41, 5.74) is 1.45. The number of aromatic nitrogens is 2. The van der Waals surface area contributed by atoms with Gasteiger partial charge in [0.25, 0.3) is 0 Å². The number of anilines is 1. The number of nitrogens with one attached hydrogen (secondary N) is 1. The van der Waals surface area contributed by atoms with Crippen molar-refractivity contribution in [3.05, 3.63) is 70.5 Å². The van der Waals surface area contributed by atoms with Crippen LogP contribution in [-0.2, 0) is 17.9 Å². The summed E-state index contributed by atoms with van der Waals surface area (Å²) in [4.78, 5) is 22.7. The fraction of sp³-hybridized carbons (Fsp3) is 0.333. The fourth-order valence-electron chi connectivity index (χ4n) is 3.16. The van der Waals surface area contributed by atoms with Crippen LogP contribution in [-0.4, -0.2) is 33.8 Å². The van der Waals surface area contributed by atoms with Crippen LogP contribution in [0.3, 0.4) is 0 Å². The molecule has 0 radical (unpaired) electrons. The zero-order chi connectivity index (χ0) is 24.5. The Kier molecular flexibility index (Phi) is 8.44. The van der Waals surface area contributed by atoms with Crippen LogP contribution in [0.2, 0.25) is 0 Å². The van der Waals surface area contributed by atoms with Crippen molar-refractivity contribution in [1.82, 2.24) is 9.78 Å². The van der Waals surface area contributed by atoms with Crippen molar-refractivity contribution in [1.29, 1.82) is 0 Å². The minimum atomic E-state index is -0.522. The van der Waals surface area contributed by atoms with Crippen LogP contribution >= 0.6 is 0 Å². The second kappa shape index (κ2) is 11.7. The van der Waals surface area contributed by atoms with Crippen molar-refractivity contribution < 1.29 is 23.9 Å². The van der Waals surface area contributed by atoms with E-state index in [4.69, 9.17) is 14.2 Å². The monoisotopic (exact) mass is 468 g/mol. The van der Waals surface area contributed by atoms with Crippen LogP contribution in [0.15, 0.2) is 54.9 Å². The highest BCUT2D eigenvalue weighted by Crippen LogP contribution is 2.29. The van der Waals surface area contributed by atoms with E-state index >= 15 is 0 Å². The van der Waals surface area contributed by atoms with Gasteiger partial charge in [0.2, 0.25) is 5.91 Å². The molecule has 1 heterocycles. The van der Waals surface area contributed by atoms with Gasteiger partial charge in [0.15, 0.2) is 11.5 Å². The third-order valence-electron chi connectivity index (χ3n) is 4.87. The summed E-state index contributed by atoms with van der Waals surface area (Å²) in [6.45, 7) is 7.25. The van der Waals surface area contributed by atoms with Crippen molar-refractivity contribution in [2.75, 3.05) is 18.5 Å². The molecule has 0 fully saturated rings. The van der Waals surface area contributed by atoms with Gasteiger partial charge < -0.3 is 19.5 Å². The van der Waals surface area contributed by atoms with E-state index in [1.807, 2.05) is 32.0 Å². The minimum Gasteiger partial charge on any atom is -0.490 e. The maximum atomic E-state index is 12.5. The molecule has 0 aliphatic carbocycles. The first kappa shape index (κ1) is 24.6. The lowest BCUT2D eigenvalue weighted by Gasteiger charge is -2.14. The maximum Gasteiger partial charge on any atom is 0.306 e. The van der Waals surface area contributed by atoms with Gasteiger partial charge in [-0.15, -0.1) is 0 Å². The molecule has 0 aliphatic heterocycles. The van der Waals surface area contributed by atoms with Crippen molar-refractivity contribution in [2.45, 2.75) is 33.9 Å². The van der Waals surface area contributed by atoms with Gasteiger partial charge in [-0.25, -0.2) is 0 Å². The van der Waals surface area contributed by atoms with E-state index in [0.29, 0.717) is 42.8 Å². The molecule has 1 unspecified atom stereocenters. The van der Waals surface area contributed by atoms with Crippen LogP contribution in [0, 0.1) is 16.0 Å². The average molecular weight is 469 g/mol. The highest BCUT2D eigenvalue weighted by molar-refractivity contribution is 5.92. The van der Waals surface area contributed by atoms with E-state index in [1.54, 1.807) is 31.2 Å². The number of carbonyl (C=O) groups is 1. The van der Waals surface area contributed by atoms with Gasteiger partial charge in [-0.2, -0.15) is 5.10 Å². The molecule has 10 nitrogen and oxygen atoms in total. The second-order valence-electron chi connectivity index (χ2n) is 7.53. The van der Waals surface area contributed by atoms with Crippen LogP contribution in [0.25, 0.3) is 0 Å². The Morgan fingerprint density at radius 1 is 1.09 bits per heavy atom. The molecule has 34 heavy (non-hydrogen) atoms. The van der Waals surface area contributed by atoms with Gasteiger partial charge in [-0.05, 0) is 55.8 Å². The average Bonchev–Trinajstić information content (AvgIpc) is 3.29. The van der Waals surface area contributed by atoms with Crippen molar-refractivity contribution in [3.63, 3.8) is 0 Å². The van der Waals surface area contributed by atoms with Gasteiger partial charge in [0.1, 0.15) is 24.8 Å². The van der Waals surface area contributed by atoms with Gasteiger partial charge >= 0.3 is 5.69 Å². The fourth-order valence-corrected chi connectivity index (χ4v) is 3.16. The highest BCUT2D eigenvalue weighted by atomic mass is 16.6. The number of ether oxygens (including phenoxy) is 3. The van der Waals surface area contributed by atoms with Crippen LogP contribution < -0.4 is 19.5 Å². The minimum absolute atomic E-state index is 0.109. The number of nitrogens with zero attached hydrogens (tertiary/aromatic N) is 3. The Morgan fingerprint density at radius 3 is 2.44 bits per heavy atom. The summed E-state index contributed by atoms with van der Waals surface area (Å²) < 4.78 is 18.5. The van der Waals surface area contributed by atoms with Gasteiger partial charge in [-0.3, -0.25) is 19.6 Å². The molecule has 1 atom stereocenters. The Hall–Kier alpha value is -4.08. The molecule has 0 bridgehead atoms. The molecule has 180 valence electrons. The molecule has 3 rings (SSSR count). The normalized spacial score (nSPS) is 11.5. The Morgan fingerprint density at radius 2 is 1.79 bits per heavy atom. The molecule has 3 aromatic rings. The lowest BCUT2D eigenvalue weighted by atomic mass is 10.1. The summed E-state index contributed by atoms with van der Waals surface area (Å²) in [7, 11) is 0. The molecular weight excluding hydrogens is 440 g/mol. The molecule has 0 saturated heterocycles. The van der Waals surface area contributed by atoms with E-state index in [-0.39, 0.29) is 18.1 Å². The van der Waals surface area contributed by atoms with E-state index in [2.05, 4.69) is 10.4 Å². The van der Waals surface area contributed by atoms with Crippen LogP contribution in [0.1, 0.15) is 26.3 Å². The lowest BCUT2D eigenvalue weighted by molar-refractivity contribution is -0.385. The Labute approximate surface area is 197 Å². The SMILES string of the molecule is CCOc1ccc(COc2ccc(NC(=O)C(C)Cn3cc([N+](=O)[O-])cn3)cc2)cc1OCC. The highest BCUT2D eigenvalue weighted by Gasteiger charge is 2.17. The summed E-state index contributed by atoms with van der Waals surface area (Å²) >= 11 is 0. The molecule has 1 amide bonds. The number of hydrogen-bond donors (Lipinski definition) is 1. The first-order valence-electron chi connectivity index (χ1n) is 11.0. The number of amides is 1. The summed E-state index contributed by atoms with van der Waals surface area (Å²) in [6, 6.07) is 12.8.